The Labute approximate surface area is 153 Å². The van der Waals surface area contributed by atoms with Gasteiger partial charge >= 0.3 is 0 Å². The van der Waals surface area contributed by atoms with Gasteiger partial charge < -0.3 is 15.6 Å². The van der Waals surface area contributed by atoms with Crippen LogP contribution in [0.1, 0.15) is 43.2 Å². The molecular formula is C21H24N2O3. The van der Waals surface area contributed by atoms with Crippen LogP contribution < -0.4 is 5.32 Å². The number of hydrogen-bond acceptors (Lipinski definition) is 3. The molecule has 1 aliphatic carbocycles. The molecule has 0 unspecified atom stereocenters. The lowest BCUT2D eigenvalue weighted by molar-refractivity contribution is -0.121. The Hall–Kier alpha value is -2.66. The van der Waals surface area contributed by atoms with E-state index in [1.54, 1.807) is 6.21 Å². The first-order valence-electron chi connectivity index (χ1n) is 8.86. The number of amides is 1. The number of nitrogens with one attached hydrogen (secondary N) is 1. The number of nitrogens with zero attached hydrogens (tertiary/aromatic N) is 1. The summed E-state index contributed by atoms with van der Waals surface area (Å²) in [6, 6.07) is 14.5. The monoisotopic (exact) mass is 352 g/mol. The van der Waals surface area contributed by atoms with Crippen LogP contribution in [0.3, 0.4) is 0 Å². The molecule has 1 fully saturated rings. The molecule has 0 bridgehead atoms. The third kappa shape index (κ3) is 2.99. The van der Waals surface area contributed by atoms with Crippen LogP contribution in [0.25, 0.3) is 11.1 Å². The summed E-state index contributed by atoms with van der Waals surface area (Å²) in [6.07, 6.45) is 7.08. The van der Waals surface area contributed by atoms with Gasteiger partial charge in [-0.3, -0.25) is 4.79 Å². The van der Waals surface area contributed by atoms with Crippen LogP contribution in [0.2, 0.25) is 0 Å². The van der Waals surface area contributed by atoms with Gasteiger partial charge in [-0.2, -0.15) is 0 Å². The zero-order valence-electron chi connectivity index (χ0n) is 14.9. The Balaban J connectivity index is 0.00000196. The molecule has 2 aromatic rings. The lowest BCUT2D eigenvalue weighted by atomic mass is 9.70. The van der Waals surface area contributed by atoms with Crippen LogP contribution in [-0.4, -0.2) is 24.7 Å². The molecule has 1 heterocycles. The second-order valence-corrected chi connectivity index (χ2v) is 6.90. The fraction of sp³-hybridized carbons (Fsp3) is 0.333. The quantitative estimate of drug-likeness (QED) is 0.675. The lowest BCUT2D eigenvalue weighted by Crippen LogP contribution is -2.36. The molecule has 0 atom stereocenters. The van der Waals surface area contributed by atoms with E-state index in [1.807, 2.05) is 18.2 Å². The Morgan fingerprint density at radius 1 is 1.08 bits per heavy atom. The van der Waals surface area contributed by atoms with Gasteiger partial charge in [0, 0.05) is 5.69 Å². The predicted molar refractivity (Wildman–Crippen MR) is 103 cm³/mol. The SMILES string of the molecule is CON=Cc1cccc(-c2ccc3c(c2)C2(CCCCC2)C(=O)N3)c1.O. The summed E-state index contributed by atoms with van der Waals surface area (Å²) in [6.45, 7) is 0. The highest BCUT2D eigenvalue weighted by molar-refractivity contribution is 6.06. The smallest absolute Gasteiger partial charge is 0.235 e. The summed E-state index contributed by atoms with van der Waals surface area (Å²) >= 11 is 0. The van der Waals surface area contributed by atoms with Crippen LogP contribution in [-0.2, 0) is 15.0 Å². The predicted octanol–water partition coefficient (Wildman–Crippen LogP) is 3.66. The van der Waals surface area contributed by atoms with E-state index >= 15 is 0 Å². The summed E-state index contributed by atoms with van der Waals surface area (Å²) in [5, 5.41) is 6.93. The highest BCUT2D eigenvalue weighted by Gasteiger charge is 2.47. The Morgan fingerprint density at radius 3 is 2.62 bits per heavy atom. The second kappa shape index (κ2) is 7.30. The summed E-state index contributed by atoms with van der Waals surface area (Å²) in [7, 11) is 1.54. The van der Waals surface area contributed by atoms with Crippen molar-refractivity contribution in [2.45, 2.75) is 37.5 Å². The van der Waals surface area contributed by atoms with Gasteiger partial charge in [-0.1, -0.05) is 48.7 Å². The van der Waals surface area contributed by atoms with Crippen LogP contribution in [0.5, 0.6) is 0 Å². The van der Waals surface area contributed by atoms with Crippen molar-refractivity contribution in [2.75, 3.05) is 12.4 Å². The van der Waals surface area contributed by atoms with Gasteiger partial charge in [0.15, 0.2) is 0 Å². The minimum absolute atomic E-state index is 0. The van der Waals surface area contributed by atoms with Crippen molar-refractivity contribution in [3.05, 3.63) is 53.6 Å². The van der Waals surface area contributed by atoms with Crippen molar-refractivity contribution in [1.82, 2.24) is 0 Å². The van der Waals surface area contributed by atoms with Crippen molar-refractivity contribution >= 4 is 17.8 Å². The third-order valence-corrected chi connectivity index (χ3v) is 5.45. The topological polar surface area (TPSA) is 82.2 Å². The number of oxime groups is 1. The number of hydrogen-bond donors (Lipinski definition) is 1. The first kappa shape index (κ1) is 18.1. The van der Waals surface area contributed by atoms with Gasteiger partial charge in [-0.05, 0) is 53.3 Å². The average Bonchev–Trinajstić information content (AvgIpc) is 2.92. The van der Waals surface area contributed by atoms with E-state index in [0.29, 0.717) is 0 Å². The maximum Gasteiger partial charge on any atom is 0.235 e. The van der Waals surface area contributed by atoms with Crippen LogP contribution in [0.15, 0.2) is 47.6 Å². The van der Waals surface area contributed by atoms with E-state index in [0.717, 1.165) is 48.1 Å². The third-order valence-electron chi connectivity index (χ3n) is 5.45. The summed E-state index contributed by atoms with van der Waals surface area (Å²) in [4.78, 5) is 17.4. The Morgan fingerprint density at radius 2 is 1.85 bits per heavy atom. The molecule has 1 saturated carbocycles. The standard InChI is InChI=1S/C21H22N2O2.H2O/c1-25-22-14-15-6-5-7-16(12-15)17-8-9-19-18(13-17)21(20(24)23-19)10-3-2-4-11-21;/h5-9,12-14H,2-4,10-11H2,1H3,(H,23,24);1H2. The van der Waals surface area contributed by atoms with Crippen molar-refractivity contribution in [3.8, 4) is 11.1 Å². The van der Waals surface area contributed by atoms with Crippen molar-refractivity contribution in [1.29, 1.82) is 0 Å². The second-order valence-electron chi connectivity index (χ2n) is 6.90. The molecule has 5 nitrogen and oxygen atoms in total. The van der Waals surface area contributed by atoms with Crippen molar-refractivity contribution in [2.24, 2.45) is 5.16 Å². The zero-order valence-corrected chi connectivity index (χ0v) is 14.9. The number of carbonyl (C=O) groups excluding carboxylic acids is 1. The average molecular weight is 352 g/mol. The minimum Gasteiger partial charge on any atom is -0.412 e. The van der Waals surface area contributed by atoms with Crippen LogP contribution in [0, 0.1) is 0 Å². The van der Waals surface area contributed by atoms with Gasteiger partial charge in [0.2, 0.25) is 5.91 Å². The maximum atomic E-state index is 12.7. The highest BCUT2D eigenvalue weighted by atomic mass is 16.6. The molecular weight excluding hydrogens is 328 g/mol. The van der Waals surface area contributed by atoms with Crippen molar-refractivity contribution < 1.29 is 15.1 Å². The largest absolute Gasteiger partial charge is 0.412 e. The molecule has 26 heavy (non-hydrogen) atoms. The molecule has 0 aromatic heterocycles. The first-order valence-corrected chi connectivity index (χ1v) is 8.86. The molecule has 2 aromatic carbocycles. The lowest BCUT2D eigenvalue weighted by Gasteiger charge is -2.31. The number of carbonyl (C=O) groups is 1. The normalized spacial score (nSPS) is 17.7. The summed E-state index contributed by atoms with van der Waals surface area (Å²) < 4.78 is 0. The van der Waals surface area contributed by atoms with Gasteiger partial charge in [0.05, 0.1) is 11.6 Å². The Bertz CT molecular complexity index is 839. The van der Waals surface area contributed by atoms with Gasteiger partial charge in [-0.15, -0.1) is 0 Å². The molecule has 0 saturated heterocycles. The molecule has 1 aliphatic heterocycles. The molecule has 0 radical (unpaired) electrons. The van der Waals surface area contributed by atoms with Gasteiger partial charge in [-0.25, -0.2) is 0 Å². The van der Waals surface area contributed by atoms with Crippen molar-refractivity contribution in [3.63, 3.8) is 0 Å². The summed E-state index contributed by atoms with van der Waals surface area (Å²) in [5.74, 6) is 0.181. The van der Waals surface area contributed by atoms with E-state index in [2.05, 4.69) is 34.7 Å². The fourth-order valence-electron chi connectivity index (χ4n) is 4.16. The van der Waals surface area contributed by atoms with E-state index < -0.39 is 0 Å². The van der Waals surface area contributed by atoms with Crippen LogP contribution >= 0.6 is 0 Å². The molecule has 3 N–H and O–H groups in total. The molecule has 4 rings (SSSR count). The highest BCUT2D eigenvalue weighted by Crippen LogP contribution is 2.48. The molecule has 136 valence electrons. The van der Waals surface area contributed by atoms with Gasteiger partial charge in [0.25, 0.3) is 0 Å². The molecule has 1 spiro atoms. The van der Waals surface area contributed by atoms with E-state index in [4.69, 9.17) is 4.84 Å². The van der Waals surface area contributed by atoms with Crippen LogP contribution in [0.4, 0.5) is 5.69 Å². The maximum absolute atomic E-state index is 12.7. The molecule has 2 aliphatic rings. The zero-order chi connectivity index (χ0) is 17.3. The number of fused-ring (bicyclic) bond motifs is 2. The van der Waals surface area contributed by atoms with E-state index in [-0.39, 0.29) is 16.8 Å². The first-order chi connectivity index (χ1) is 12.2. The number of anilines is 1. The number of benzene rings is 2. The Kier molecular flexibility index (Phi) is 5.09. The molecule has 5 heteroatoms. The van der Waals surface area contributed by atoms with Gasteiger partial charge in [0.1, 0.15) is 7.11 Å². The van der Waals surface area contributed by atoms with E-state index in [1.165, 1.54) is 19.1 Å². The number of rotatable bonds is 3. The fourth-order valence-corrected chi connectivity index (χ4v) is 4.16. The van der Waals surface area contributed by atoms with E-state index in [9.17, 15) is 4.79 Å². The summed E-state index contributed by atoms with van der Waals surface area (Å²) in [5.41, 5.74) is 5.07. The minimum atomic E-state index is -0.321. The molecule has 1 amide bonds.